The molecule has 6 nitrogen and oxygen atoms in total. The number of para-hydroxylation sites is 4. The highest BCUT2D eigenvalue weighted by atomic mass is 16.4. The van der Waals surface area contributed by atoms with Crippen molar-refractivity contribution in [3.05, 3.63) is 139 Å². The largest absolute Gasteiger partial charge is 0.436 e. The van der Waals surface area contributed by atoms with E-state index in [9.17, 15) is 5.26 Å². The Morgan fingerprint density at radius 2 is 1.09 bits per heavy atom. The van der Waals surface area contributed by atoms with Crippen molar-refractivity contribution in [1.82, 2.24) is 14.5 Å². The van der Waals surface area contributed by atoms with Crippen LogP contribution in [-0.2, 0) is 0 Å². The van der Waals surface area contributed by atoms with Crippen LogP contribution in [0, 0.1) is 11.3 Å². The van der Waals surface area contributed by atoms with Crippen molar-refractivity contribution in [3.8, 4) is 34.7 Å². The van der Waals surface area contributed by atoms with Gasteiger partial charge in [0.25, 0.3) is 0 Å². The molecule has 10 rings (SSSR count). The SMILES string of the molecule is N#Cc1cccc2cc3cccc(-n4c5ccc(-c6nc7ccccc7o6)cc5c5cc(-c6nc7ccccc7o6)ccc54)c3cc12. The van der Waals surface area contributed by atoms with E-state index in [0.29, 0.717) is 17.3 Å². The second-order valence-electron chi connectivity index (χ2n) is 11.8. The van der Waals surface area contributed by atoms with Gasteiger partial charge in [-0.25, -0.2) is 9.97 Å². The number of benzene rings is 7. The number of hydrogen-bond donors (Lipinski definition) is 0. The number of nitriles is 1. The maximum absolute atomic E-state index is 9.90. The molecule has 10 aromatic rings. The Kier molecular flexibility index (Phi) is 5.25. The predicted molar refractivity (Wildman–Crippen MR) is 187 cm³/mol. The zero-order chi connectivity index (χ0) is 31.1. The van der Waals surface area contributed by atoms with Crippen LogP contribution in [-0.4, -0.2) is 14.5 Å². The summed E-state index contributed by atoms with van der Waals surface area (Å²) in [6.45, 7) is 0. The lowest BCUT2D eigenvalue weighted by Crippen LogP contribution is -1.96. The molecule has 6 heteroatoms. The fraction of sp³-hybridized carbons (Fsp3) is 0. The van der Waals surface area contributed by atoms with Gasteiger partial charge < -0.3 is 13.4 Å². The molecular formula is C41H22N4O2. The van der Waals surface area contributed by atoms with Gasteiger partial charge in [-0.05, 0) is 95.7 Å². The Bertz CT molecular complexity index is 2740. The minimum absolute atomic E-state index is 0.574. The van der Waals surface area contributed by atoms with Crippen molar-refractivity contribution in [2.24, 2.45) is 0 Å². The topological polar surface area (TPSA) is 80.8 Å². The third-order valence-corrected chi connectivity index (χ3v) is 9.06. The van der Waals surface area contributed by atoms with E-state index in [-0.39, 0.29) is 0 Å². The highest BCUT2D eigenvalue weighted by Gasteiger charge is 2.19. The molecule has 0 bridgehead atoms. The summed E-state index contributed by atoms with van der Waals surface area (Å²) in [5.74, 6) is 1.15. The average Bonchev–Trinajstić information content (AvgIpc) is 3.83. The van der Waals surface area contributed by atoms with Gasteiger partial charge in [-0.15, -0.1) is 0 Å². The summed E-state index contributed by atoms with van der Waals surface area (Å²) < 4.78 is 14.7. The van der Waals surface area contributed by atoms with Gasteiger partial charge in [-0.3, -0.25) is 0 Å². The summed E-state index contributed by atoms with van der Waals surface area (Å²) in [6.07, 6.45) is 0. The van der Waals surface area contributed by atoms with E-state index in [1.807, 2.05) is 60.7 Å². The van der Waals surface area contributed by atoms with Crippen molar-refractivity contribution < 1.29 is 8.83 Å². The van der Waals surface area contributed by atoms with Crippen LogP contribution < -0.4 is 0 Å². The lowest BCUT2D eigenvalue weighted by Gasteiger charge is -2.13. The van der Waals surface area contributed by atoms with E-state index in [2.05, 4.69) is 83.4 Å². The molecule has 0 aliphatic rings. The summed E-state index contributed by atoms with van der Waals surface area (Å²) in [5.41, 5.74) is 8.70. The molecule has 0 spiro atoms. The lowest BCUT2D eigenvalue weighted by atomic mass is 9.99. The van der Waals surface area contributed by atoms with E-state index in [1.165, 1.54) is 0 Å². The van der Waals surface area contributed by atoms with E-state index >= 15 is 0 Å². The first-order valence-corrected chi connectivity index (χ1v) is 15.4. The van der Waals surface area contributed by atoms with Crippen molar-refractivity contribution in [2.45, 2.75) is 0 Å². The van der Waals surface area contributed by atoms with Crippen LogP contribution in [0.1, 0.15) is 5.56 Å². The summed E-state index contributed by atoms with van der Waals surface area (Å²) in [5, 5.41) is 16.1. The zero-order valence-corrected chi connectivity index (χ0v) is 24.8. The van der Waals surface area contributed by atoms with Crippen molar-refractivity contribution in [1.29, 1.82) is 5.26 Å². The van der Waals surface area contributed by atoms with Crippen LogP contribution in [0.15, 0.2) is 142 Å². The van der Waals surface area contributed by atoms with Gasteiger partial charge in [-0.2, -0.15) is 5.26 Å². The Hall–Kier alpha value is -6.71. The number of oxazole rings is 2. The van der Waals surface area contributed by atoms with Gasteiger partial charge in [0.2, 0.25) is 11.8 Å². The van der Waals surface area contributed by atoms with Crippen molar-refractivity contribution >= 4 is 65.6 Å². The normalized spacial score (nSPS) is 11.8. The molecule has 0 radical (unpaired) electrons. The smallest absolute Gasteiger partial charge is 0.227 e. The lowest BCUT2D eigenvalue weighted by molar-refractivity contribution is 0.619. The standard InChI is InChI=1S/C41H22N4O2/c42-23-28-9-5-7-24-19-25-8-6-12-35(30(25)22-29(24)28)45-36-17-15-26(40-43-33-10-1-3-13-38(33)46-40)20-31(36)32-21-27(16-18-37(32)45)41-44-34-11-2-4-14-39(34)47-41/h1-22H. The summed E-state index contributed by atoms with van der Waals surface area (Å²) >= 11 is 0. The molecule has 0 unspecified atom stereocenters. The van der Waals surface area contributed by atoms with Crippen LogP contribution in [0.2, 0.25) is 0 Å². The van der Waals surface area contributed by atoms with Gasteiger partial charge in [0.15, 0.2) is 11.2 Å². The molecule has 7 aromatic carbocycles. The van der Waals surface area contributed by atoms with Gasteiger partial charge in [0.05, 0.1) is 28.4 Å². The van der Waals surface area contributed by atoms with E-state index < -0.39 is 0 Å². The van der Waals surface area contributed by atoms with Gasteiger partial charge >= 0.3 is 0 Å². The van der Waals surface area contributed by atoms with Gasteiger partial charge in [0.1, 0.15) is 11.0 Å². The van der Waals surface area contributed by atoms with E-state index in [0.717, 1.165) is 82.4 Å². The van der Waals surface area contributed by atoms with E-state index in [4.69, 9.17) is 18.8 Å². The third kappa shape index (κ3) is 3.84. The molecule has 0 amide bonds. The fourth-order valence-corrected chi connectivity index (χ4v) is 6.87. The molecule has 0 saturated carbocycles. The maximum atomic E-state index is 9.90. The summed E-state index contributed by atoms with van der Waals surface area (Å²) in [4.78, 5) is 9.57. The predicted octanol–water partition coefficient (Wildman–Crippen LogP) is 10.6. The monoisotopic (exact) mass is 602 g/mol. The highest BCUT2D eigenvalue weighted by Crippen LogP contribution is 2.40. The number of rotatable bonds is 3. The fourth-order valence-electron chi connectivity index (χ4n) is 6.87. The van der Waals surface area contributed by atoms with Crippen LogP contribution in [0.25, 0.3) is 94.1 Å². The van der Waals surface area contributed by atoms with Crippen LogP contribution >= 0.6 is 0 Å². The summed E-state index contributed by atoms with van der Waals surface area (Å²) in [7, 11) is 0. The zero-order valence-electron chi connectivity index (χ0n) is 24.8. The molecule has 47 heavy (non-hydrogen) atoms. The van der Waals surface area contributed by atoms with Crippen LogP contribution in [0.4, 0.5) is 0 Å². The number of nitrogens with zero attached hydrogens (tertiary/aromatic N) is 4. The second-order valence-corrected chi connectivity index (χ2v) is 11.8. The molecule has 0 aliphatic carbocycles. The second kappa shape index (κ2) is 9.64. The molecule has 0 fully saturated rings. The average molecular weight is 603 g/mol. The number of aromatic nitrogens is 3. The highest BCUT2D eigenvalue weighted by molar-refractivity contribution is 6.13. The first-order valence-electron chi connectivity index (χ1n) is 15.4. The quantitative estimate of drug-likeness (QED) is 0.188. The molecule has 0 saturated heterocycles. The Balaban J connectivity index is 1.27. The van der Waals surface area contributed by atoms with Gasteiger partial charge in [-0.1, -0.05) is 48.5 Å². The minimum atomic E-state index is 0.574. The molecule has 0 aliphatic heterocycles. The van der Waals surface area contributed by atoms with Crippen LogP contribution in [0.3, 0.4) is 0 Å². The Morgan fingerprint density at radius 3 is 1.68 bits per heavy atom. The molecule has 0 N–H and O–H groups in total. The minimum Gasteiger partial charge on any atom is -0.436 e. The van der Waals surface area contributed by atoms with Crippen LogP contribution in [0.5, 0.6) is 0 Å². The number of hydrogen-bond acceptors (Lipinski definition) is 5. The third-order valence-electron chi connectivity index (χ3n) is 9.06. The number of fused-ring (bicyclic) bond motifs is 7. The Labute approximate surface area is 267 Å². The van der Waals surface area contributed by atoms with Crippen molar-refractivity contribution in [2.75, 3.05) is 0 Å². The van der Waals surface area contributed by atoms with E-state index in [1.54, 1.807) is 0 Å². The molecule has 0 atom stereocenters. The van der Waals surface area contributed by atoms with Crippen molar-refractivity contribution in [3.63, 3.8) is 0 Å². The van der Waals surface area contributed by atoms with Gasteiger partial charge in [0, 0.05) is 32.7 Å². The molecule has 3 aromatic heterocycles. The first-order chi connectivity index (χ1) is 23.2. The first kappa shape index (κ1) is 25.6. The summed E-state index contributed by atoms with van der Waals surface area (Å²) in [6, 6.07) is 47.3. The molecule has 3 heterocycles. The Morgan fingerprint density at radius 1 is 0.511 bits per heavy atom. The maximum Gasteiger partial charge on any atom is 0.227 e. The molecular weight excluding hydrogens is 580 g/mol. The molecule has 218 valence electrons.